The summed E-state index contributed by atoms with van der Waals surface area (Å²) in [6, 6.07) is 0. The van der Waals surface area contributed by atoms with Crippen molar-refractivity contribution in [2.75, 3.05) is 33.0 Å². The summed E-state index contributed by atoms with van der Waals surface area (Å²) in [4.78, 5) is 0. The lowest BCUT2D eigenvalue weighted by molar-refractivity contribution is -0.159. The van der Waals surface area contributed by atoms with Crippen LogP contribution in [0.4, 0.5) is 0 Å². The Bertz CT molecular complexity index is 276. The second-order valence-electron chi connectivity index (χ2n) is 6.43. The molecular weight excluding hydrogens is 244 g/mol. The molecule has 110 valence electrons. The molecule has 3 aliphatic heterocycles. The molecule has 3 saturated heterocycles. The Hall–Kier alpha value is -0.160. The van der Waals surface area contributed by atoms with Crippen LogP contribution in [0.1, 0.15) is 38.5 Å². The third kappa shape index (κ3) is 3.30. The van der Waals surface area contributed by atoms with E-state index in [9.17, 15) is 5.11 Å². The fourth-order valence-electron chi connectivity index (χ4n) is 3.79. The Morgan fingerprint density at radius 2 is 1.89 bits per heavy atom. The highest BCUT2D eigenvalue weighted by Crippen LogP contribution is 2.39. The fourth-order valence-corrected chi connectivity index (χ4v) is 3.79. The molecule has 4 nitrogen and oxygen atoms in total. The van der Waals surface area contributed by atoms with Gasteiger partial charge in [-0.15, -0.1) is 0 Å². The highest BCUT2D eigenvalue weighted by atomic mass is 16.5. The monoisotopic (exact) mass is 270 g/mol. The summed E-state index contributed by atoms with van der Waals surface area (Å²) in [7, 11) is 0. The molecule has 3 atom stereocenters. The first kappa shape index (κ1) is 13.8. The number of hydrogen-bond acceptors (Lipinski definition) is 4. The largest absolute Gasteiger partial charge is 0.393 e. The highest BCUT2D eigenvalue weighted by Gasteiger charge is 2.41. The first-order chi connectivity index (χ1) is 9.27. The number of hydrogen-bond donors (Lipinski definition) is 1. The van der Waals surface area contributed by atoms with E-state index in [0.29, 0.717) is 11.8 Å². The molecule has 3 heterocycles. The smallest absolute Gasteiger partial charge is 0.0730 e. The summed E-state index contributed by atoms with van der Waals surface area (Å²) < 4.78 is 16.9. The van der Waals surface area contributed by atoms with Crippen molar-refractivity contribution in [2.24, 2.45) is 11.8 Å². The van der Waals surface area contributed by atoms with Crippen molar-refractivity contribution in [1.82, 2.24) is 0 Å². The van der Waals surface area contributed by atoms with E-state index in [0.717, 1.165) is 71.6 Å². The lowest BCUT2D eigenvalue weighted by Crippen LogP contribution is -2.46. The van der Waals surface area contributed by atoms with Crippen LogP contribution in [0, 0.1) is 11.8 Å². The van der Waals surface area contributed by atoms with Gasteiger partial charge in [-0.25, -0.2) is 0 Å². The molecule has 0 aromatic carbocycles. The zero-order chi connectivity index (χ0) is 13.1. The molecule has 0 radical (unpaired) electrons. The van der Waals surface area contributed by atoms with Gasteiger partial charge in [0.25, 0.3) is 0 Å². The van der Waals surface area contributed by atoms with Crippen LogP contribution in [-0.4, -0.2) is 49.8 Å². The van der Waals surface area contributed by atoms with E-state index in [-0.39, 0.29) is 11.7 Å². The van der Waals surface area contributed by atoms with E-state index in [1.165, 1.54) is 0 Å². The van der Waals surface area contributed by atoms with Gasteiger partial charge in [0.2, 0.25) is 0 Å². The maximum atomic E-state index is 10.5. The first-order valence-corrected chi connectivity index (χ1v) is 7.75. The quantitative estimate of drug-likeness (QED) is 0.849. The van der Waals surface area contributed by atoms with Gasteiger partial charge in [0.15, 0.2) is 0 Å². The van der Waals surface area contributed by atoms with Crippen LogP contribution in [0.5, 0.6) is 0 Å². The van der Waals surface area contributed by atoms with E-state index >= 15 is 0 Å². The van der Waals surface area contributed by atoms with Gasteiger partial charge in [-0.2, -0.15) is 0 Å². The first-order valence-electron chi connectivity index (χ1n) is 7.75. The van der Waals surface area contributed by atoms with Crippen molar-refractivity contribution < 1.29 is 19.3 Å². The molecular formula is C15H26O4. The van der Waals surface area contributed by atoms with Gasteiger partial charge >= 0.3 is 0 Å². The molecule has 0 bridgehead atoms. The number of ether oxygens (including phenoxy) is 3. The van der Waals surface area contributed by atoms with Crippen molar-refractivity contribution in [1.29, 1.82) is 0 Å². The van der Waals surface area contributed by atoms with Gasteiger partial charge in [0.1, 0.15) is 0 Å². The summed E-state index contributed by atoms with van der Waals surface area (Å²) in [5, 5.41) is 10.5. The minimum atomic E-state index is -0.185. The zero-order valence-corrected chi connectivity index (χ0v) is 11.7. The van der Waals surface area contributed by atoms with Gasteiger partial charge in [-0.05, 0) is 50.4 Å². The van der Waals surface area contributed by atoms with Crippen molar-refractivity contribution in [3.05, 3.63) is 0 Å². The molecule has 0 amide bonds. The van der Waals surface area contributed by atoms with Crippen molar-refractivity contribution >= 4 is 0 Å². The van der Waals surface area contributed by atoms with Crippen LogP contribution in [0.2, 0.25) is 0 Å². The number of aliphatic hydroxyl groups is 1. The van der Waals surface area contributed by atoms with Crippen LogP contribution in [-0.2, 0) is 14.2 Å². The molecule has 0 saturated carbocycles. The Kier molecular flexibility index (Phi) is 4.42. The Labute approximate surface area is 115 Å². The minimum Gasteiger partial charge on any atom is -0.393 e. The molecule has 3 aliphatic rings. The Morgan fingerprint density at radius 1 is 1.05 bits per heavy atom. The lowest BCUT2D eigenvalue weighted by Gasteiger charge is -2.44. The number of aliphatic hydroxyl groups excluding tert-OH is 1. The predicted molar refractivity (Wildman–Crippen MR) is 71.0 cm³/mol. The molecule has 1 spiro atoms. The van der Waals surface area contributed by atoms with Gasteiger partial charge in [0.05, 0.1) is 11.7 Å². The lowest BCUT2D eigenvalue weighted by atomic mass is 9.77. The van der Waals surface area contributed by atoms with Crippen LogP contribution >= 0.6 is 0 Å². The molecule has 3 unspecified atom stereocenters. The Balaban J connectivity index is 1.54. The van der Waals surface area contributed by atoms with E-state index in [1.54, 1.807) is 0 Å². The third-order valence-corrected chi connectivity index (χ3v) is 5.08. The second kappa shape index (κ2) is 6.08. The Morgan fingerprint density at radius 3 is 2.63 bits per heavy atom. The van der Waals surface area contributed by atoms with E-state index in [2.05, 4.69) is 0 Å². The average molecular weight is 270 g/mol. The topological polar surface area (TPSA) is 47.9 Å². The maximum Gasteiger partial charge on any atom is 0.0730 e. The van der Waals surface area contributed by atoms with Crippen LogP contribution in [0.25, 0.3) is 0 Å². The van der Waals surface area contributed by atoms with Crippen LogP contribution < -0.4 is 0 Å². The summed E-state index contributed by atoms with van der Waals surface area (Å²) in [6.07, 6.45) is 5.81. The number of rotatable bonds is 3. The van der Waals surface area contributed by atoms with Gasteiger partial charge in [0, 0.05) is 33.0 Å². The van der Waals surface area contributed by atoms with E-state index in [1.807, 2.05) is 0 Å². The van der Waals surface area contributed by atoms with Crippen LogP contribution in [0.3, 0.4) is 0 Å². The SMILES string of the molecule is OC(CC1CCOC1)C1CCOC2(CCOCC2)C1. The molecule has 0 aromatic heterocycles. The van der Waals surface area contributed by atoms with E-state index < -0.39 is 0 Å². The van der Waals surface area contributed by atoms with Gasteiger partial charge < -0.3 is 19.3 Å². The maximum absolute atomic E-state index is 10.5. The summed E-state index contributed by atoms with van der Waals surface area (Å²) in [5.41, 5.74) is -0.00563. The standard InChI is InChI=1S/C15H26O4/c16-14(9-12-1-5-18-11-12)13-2-6-19-15(10-13)3-7-17-8-4-15/h12-14,16H,1-11H2. The molecule has 0 aliphatic carbocycles. The fraction of sp³-hybridized carbons (Fsp3) is 1.00. The highest BCUT2D eigenvalue weighted by molar-refractivity contribution is 4.91. The second-order valence-corrected chi connectivity index (χ2v) is 6.43. The molecule has 0 aromatic rings. The molecule has 4 heteroatoms. The molecule has 3 fully saturated rings. The van der Waals surface area contributed by atoms with Crippen LogP contribution in [0.15, 0.2) is 0 Å². The van der Waals surface area contributed by atoms with Crippen molar-refractivity contribution in [2.45, 2.75) is 50.2 Å². The third-order valence-electron chi connectivity index (χ3n) is 5.08. The summed E-state index contributed by atoms with van der Waals surface area (Å²) >= 11 is 0. The normalized spacial score (nSPS) is 36.5. The van der Waals surface area contributed by atoms with Gasteiger partial charge in [-0.1, -0.05) is 0 Å². The summed E-state index contributed by atoms with van der Waals surface area (Å²) in [6.45, 7) is 4.10. The molecule has 3 rings (SSSR count). The average Bonchev–Trinajstić information content (AvgIpc) is 2.92. The van der Waals surface area contributed by atoms with E-state index in [4.69, 9.17) is 14.2 Å². The summed E-state index contributed by atoms with van der Waals surface area (Å²) in [5.74, 6) is 0.955. The van der Waals surface area contributed by atoms with Crippen molar-refractivity contribution in [3.63, 3.8) is 0 Å². The molecule has 19 heavy (non-hydrogen) atoms. The minimum absolute atomic E-state index is 0.00563. The van der Waals surface area contributed by atoms with Gasteiger partial charge in [-0.3, -0.25) is 0 Å². The molecule has 1 N–H and O–H groups in total. The predicted octanol–water partition coefficient (Wildman–Crippen LogP) is 1.75. The zero-order valence-electron chi connectivity index (χ0n) is 11.7. The van der Waals surface area contributed by atoms with Crippen molar-refractivity contribution in [3.8, 4) is 0 Å².